The molecule has 0 saturated carbocycles. The van der Waals surface area contributed by atoms with Crippen molar-refractivity contribution >= 4 is 56.5 Å². The van der Waals surface area contributed by atoms with E-state index in [0.29, 0.717) is 22.1 Å². The second-order valence-corrected chi connectivity index (χ2v) is 10.1. The van der Waals surface area contributed by atoms with E-state index in [1.165, 1.54) is 28.5 Å². The van der Waals surface area contributed by atoms with Crippen LogP contribution in [0.4, 0.5) is 10.8 Å². The minimum Gasteiger partial charge on any atom is -0.497 e. The first-order valence-corrected chi connectivity index (χ1v) is 13.4. The molecule has 4 aromatic carbocycles. The Hall–Kier alpha value is -4.14. The number of carbonyl (C=O) groups is 2. The molecule has 0 fully saturated rings. The zero-order valence-electron chi connectivity index (χ0n) is 19.9. The van der Waals surface area contributed by atoms with E-state index in [2.05, 4.69) is 39.9 Å². The van der Waals surface area contributed by atoms with Crippen molar-refractivity contribution in [3.63, 3.8) is 0 Å². The van der Waals surface area contributed by atoms with E-state index < -0.39 is 0 Å². The zero-order valence-corrected chi connectivity index (χ0v) is 21.6. The summed E-state index contributed by atoms with van der Waals surface area (Å²) in [7, 11) is 1.56. The summed E-state index contributed by atoms with van der Waals surface area (Å²) in [6.07, 6.45) is 0. The van der Waals surface area contributed by atoms with Crippen molar-refractivity contribution in [3.05, 3.63) is 102 Å². The van der Waals surface area contributed by atoms with Crippen LogP contribution in [0.2, 0.25) is 0 Å². The van der Waals surface area contributed by atoms with Crippen molar-refractivity contribution in [2.75, 3.05) is 23.5 Å². The molecule has 0 radical (unpaired) electrons. The molecule has 184 valence electrons. The quantitative estimate of drug-likeness (QED) is 0.214. The van der Waals surface area contributed by atoms with E-state index >= 15 is 0 Å². The lowest BCUT2D eigenvalue weighted by molar-refractivity contribution is -0.113. The molecule has 0 saturated heterocycles. The van der Waals surface area contributed by atoms with Gasteiger partial charge in [-0.25, -0.2) is 4.98 Å². The minimum absolute atomic E-state index is 0.125. The number of thioether (sulfide) groups is 1. The number of ether oxygens (including phenoxy) is 1. The molecular weight excluding hydrogens is 502 g/mol. The molecule has 0 aliphatic carbocycles. The summed E-state index contributed by atoms with van der Waals surface area (Å²) >= 11 is 2.82. The molecule has 2 amide bonds. The van der Waals surface area contributed by atoms with E-state index in [9.17, 15) is 9.59 Å². The molecule has 37 heavy (non-hydrogen) atoms. The van der Waals surface area contributed by atoms with Crippen LogP contribution in [-0.4, -0.2) is 29.7 Å². The van der Waals surface area contributed by atoms with Gasteiger partial charge in [0.05, 0.1) is 18.6 Å². The van der Waals surface area contributed by atoms with Gasteiger partial charge >= 0.3 is 0 Å². The molecule has 5 aromatic rings. The monoisotopic (exact) mass is 525 g/mol. The molecule has 6 nitrogen and oxygen atoms in total. The maximum Gasteiger partial charge on any atom is 0.255 e. The Balaban J connectivity index is 1.13. The van der Waals surface area contributed by atoms with Gasteiger partial charge in [0.1, 0.15) is 5.75 Å². The topological polar surface area (TPSA) is 80.3 Å². The fraction of sp³-hybridized carbons (Fsp3) is 0.0690. The predicted molar refractivity (Wildman–Crippen MR) is 152 cm³/mol. The lowest BCUT2D eigenvalue weighted by Gasteiger charge is -2.08. The van der Waals surface area contributed by atoms with Gasteiger partial charge in [0, 0.05) is 27.1 Å². The van der Waals surface area contributed by atoms with Gasteiger partial charge in [-0.05, 0) is 59.3 Å². The summed E-state index contributed by atoms with van der Waals surface area (Å²) in [6.45, 7) is 0. The van der Waals surface area contributed by atoms with Gasteiger partial charge in [0.2, 0.25) is 5.91 Å². The Labute approximate surface area is 222 Å². The van der Waals surface area contributed by atoms with E-state index in [-0.39, 0.29) is 17.6 Å². The third-order valence-corrected chi connectivity index (χ3v) is 7.38. The fourth-order valence-corrected chi connectivity index (χ4v) is 5.15. The lowest BCUT2D eigenvalue weighted by Crippen LogP contribution is -2.13. The molecular formula is C29H23N3O3S2. The number of nitrogens with one attached hydrogen (secondary N) is 2. The average Bonchev–Trinajstić information content (AvgIpc) is 3.40. The first-order valence-electron chi connectivity index (χ1n) is 11.5. The van der Waals surface area contributed by atoms with Crippen LogP contribution in [0.3, 0.4) is 0 Å². The van der Waals surface area contributed by atoms with Crippen LogP contribution in [0.25, 0.3) is 22.0 Å². The summed E-state index contributed by atoms with van der Waals surface area (Å²) in [4.78, 5) is 30.5. The van der Waals surface area contributed by atoms with Crippen LogP contribution in [-0.2, 0) is 4.79 Å². The van der Waals surface area contributed by atoms with Crippen molar-refractivity contribution in [1.29, 1.82) is 0 Å². The fourth-order valence-electron chi connectivity index (χ4n) is 3.72. The SMILES string of the molecule is COc1cccc(C(=O)Nc2ccc(SCC(=O)Nc3nc(-c4ccc5ccccc5c4)cs3)cc2)c1. The maximum absolute atomic E-state index is 12.5. The van der Waals surface area contributed by atoms with Crippen LogP contribution in [0, 0.1) is 0 Å². The van der Waals surface area contributed by atoms with Crippen LogP contribution in [0.1, 0.15) is 10.4 Å². The largest absolute Gasteiger partial charge is 0.497 e. The first kappa shape index (κ1) is 24.5. The Morgan fingerprint density at radius 1 is 0.892 bits per heavy atom. The number of methoxy groups -OCH3 is 1. The highest BCUT2D eigenvalue weighted by molar-refractivity contribution is 8.00. The van der Waals surface area contributed by atoms with Crippen molar-refractivity contribution in [2.24, 2.45) is 0 Å². The van der Waals surface area contributed by atoms with E-state index in [4.69, 9.17) is 4.74 Å². The van der Waals surface area contributed by atoms with Crippen LogP contribution >= 0.6 is 23.1 Å². The Bertz CT molecular complexity index is 1560. The number of aromatic nitrogens is 1. The summed E-state index contributed by atoms with van der Waals surface area (Å²) in [6, 6.07) is 28.8. The van der Waals surface area contributed by atoms with Crippen molar-refractivity contribution < 1.29 is 14.3 Å². The lowest BCUT2D eigenvalue weighted by atomic mass is 10.1. The second-order valence-electron chi connectivity index (χ2n) is 8.15. The number of hydrogen-bond acceptors (Lipinski definition) is 6. The highest BCUT2D eigenvalue weighted by Crippen LogP contribution is 2.28. The van der Waals surface area contributed by atoms with Crippen molar-refractivity contribution in [2.45, 2.75) is 4.90 Å². The number of benzene rings is 4. The molecule has 0 aliphatic rings. The molecule has 0 atom stereocenters. The summed E-state index contributed by atoms with van der Waals surface area (Å²) in [5.41, 5.74) is 3.04. The van der Waals surface area contributed by atoms with E-state index in [1.807, 2.05) is 47.8 Å². The van der Waals surface area contributed by atoms with E-state index in [1.54, 1.807) is 31.4 Å². The summed E-state index contributed by atoms with van der Waals surface area (Å²) in [5, 5.41) is 10.6. The minimum atomic E-state index is -0.217. The van der Waals surface area contributed by atoms with Gasteiger partial charge in [-0.1, -0.05) is 42.5 Å². The molecule has 5 rings (SSSR count). The van der Waals surface area contributed by atoms with Gasteiger partial charge in [0.15, 0.2) is 5.13 Å². The van der Waals surface area contributed by atoms with Gasteiger partial charge in [-0.3, -0.25) is 9.59 Å². The maximum atomic E-state index is 12.5. The van der Waals surface area contributed by atoms with Crippen LogP contribution < -0.4 is 15.4 Å². The normalized spacial score (nSPS) is 10.7. The van der Waals surface area contributed by atoms with Crippen molar-refractivity contribution in [3.8, 4) is 17.0 Å². The molecule has 8 heteroatoms. The number of anilines is 2. The molecule has 0 spiro atoms. The Kier molecular flexibility index (Phi) is 7.49. The van der Waals surface area contributed by atoms with Crippen LogP contribution in [0.5, 0.6) is 5.75 Å². The van der Waals surface area contributed by atoms with Gasteiger partial charge < -0.3 is 15.4 Å². The number of amides is 2. The third-order valence-electron chi connectivity index (χ3n) is 5.61. The molecule has 0 bridgehead atoms. The van der Waals surface area contributed by atoms with Gasteiger partial charge in [0.25, 0.3) is 5.91 Å². The summed E-state index contributed by atoms with van der Waals surface area (Å²) in [5.74, 6) is 0.533. The zero-order chi connectivity index (χ0) is 25.6. The Morgan fingerprint density at radius 2 is 1.70 bits per heavy atom. The average molecular weight is 526 g/mol. The number of fused-ring (bicyclic) bond motifs is 1. The number of carbonyl (C=O) groups excluding carboxylic acids is 2. The first-order chi connectivity index (χ1) is 18.1. The molecule has 0 aliphatic heterocycles. The molecule has 2 N–H and O–H groups in total. The Morgan fingerprint density at radius 3 is 2.51 bits per heavy atom. The second kappa shape index (κ2) is 11.3. The highest BCUT2D eigenvalue weighted by atomic mass is 32.2. The number of nitrogens with zero attached hydrogens (tertiary/aromatic N) is 1. The van der Waals surface area contributed by atoms with Gasteiger partial charge in [-0.2, -0.15) is 0 Å². The van der Waals surface area contributed by atoms with Crippen molar-refractivity contribution in [1.82, 2.24) is 4.98 Å². The standard InChI is InChI=1S/C29H23N3O3S2/c1-35-24-8-4-7-22(16-24)28(34)30-23-11-13-25(14-12-23)36-18-27(33)32-29-31-26(17-37-29)21-10-9-19-5-2-3-6-20(19)15-21/h2-17H,18H2,1H3,(H,30,34)(H,31,32,33). The smallest absolute Gasteiger partial charge is 0.255 e. The number of thiazole rings is 1. The summed E-state index contributed by atoms with van der Waals surface area (Å²) < 4.78 is 5.17. The molecule has 1 aromatic heterocycles. The molecule has 1 heterocycles. The third kappa shape index (κ3) is 6.17. The van der Waals surface area contributed by atoms with E-state index in [0.717, 1.165) is 21.5 Å². The predicted octanol–water partition coefficient (Wildman–Crippen LogP) is 6.96. The molecule has 0 unspecified atom stereocenters. The van der Waals surface area contributed by atoms with Crippen LogP contribution in [0.15, 0.2) is 101 Å². The van der Waals surface area contributed by atoms with Gasteiger partial charge in [-0.15, -0.1) is 23.1 Å². The highest BCUT2D eigenvalue weighted by Gasteiger charge is 2.10. The number of hydrogen-bond donors (Lipinski definition) is 2. The number of rotatable bonds is 8.